The number of morpholine rings is 1. The van der Waals surface area contributed by atoms with Crippen molar-refractivity contribution in [1.82, 2.24) is 4.90 Å². The first kappa shape index (κ1) is 20.6. The van der Waals surface area contributed by atoms with Gasteiger partial charge in [0.1, 0.15) is 11.6 Å². The van der Waals surface area contributed by atoms with Crippen molar-refractivity contribution in [3.05, 3.63) is 51.9 Å². The number of ether oxygens (including phenoxy) is 3. The monoisotopic (exact) mass is 460 g/mol. The molecule has 1 fully saturated rings. The Balaban J connectivity index is 1.79. The summed E-state index contributed by atoms with van der Waals surface area (Å²) in [5.41, 5.74) is 0.555. The average molecular weight is 461 g/mol. The maximum absolute atomic E-state index is 12.5. The number of furan rings is 1. The number of nitrogens with zero attached hydrogens (tertiary/aromatic N) is 2. The molecule has 150 valence electrons. The predicted molar refractivity (Wildman–Crippen MR) is 105 cm³/mol. The molecule has 1 aliphatic rings. The van der Waals surface area contributed by atoms with Crippen LogP contribution < -0.4 is 9.47 Å². The molecular weight excluding hydrogens is 444 g/mol. The topological polar surface area (TPSA) is 102 Å². The van der Waals surface area contributed by atoms with Crippen LogP contribution in [0, 0.1) is 11.3 Å². The summed E-state index contributed by atoms with van der Waals surface area (Å²) in [6, 6.07) is 9.72. The Labute approximate surface area is 175 Å². The zero-order chi connectivity index (χ0) is 20.8. The molecule has 0 saturated carbocycles. The minimum atomic E-state index is -0.683. The smallest absolute Gasteiger partial charge is 0.379 e. The standard InChI is InChI=1S/C20H17BrN2O6/c1-26-17-11-13(10-14(12-22)19(24)23-6-8-27-9-7-23)2-3-15(17)29-20(25)16-4-5-18(21)28-16/h2-5,10-11H,6-9H2,1H3/b14-10+. The van der Waals surface area contributed by atoms with Crippen molar-refractivity contribution in [2.45, 2.75) is 0 Å². The van der Waals surface area contributed by atoms with Crippen LogP contribution in [0.1, 0.15) is 16.1 Å². The Bertz CT molecular complexity index is 985. The molecule has 29 heavy (non-hydrogen) atoms. The second-order valence-corrected chi connectivity index (χ2v) is 6.76. The number of hydrogen-bond acceptors (Lipinski definition) is 7. The van der Waals surface area contributed by atoms with Gasteiger partial charge in [-0.2, -0.15) is 5.26 Å². The molecule has 0 radical (unpaired) electrons. The van der Waals surface area contributed by atoms with Crippen LogP contribution in [-0.4, -0.2) is 50.2 Å². The van der Waals surface area contributed by atoms with Crippen LogP contribution in [0.25, 0.3) is 6.08 Å². The summed E-state index contributed by atoms with van der Waals surface area (Å²) in [6.07, 6.45) is 1.47. The summed E-state index contributed by atoms with van der Waals surface area (Å²) in [6.45, 7) is 1.78. The first-order valence-electron chi connectivity index (χ1n) is 8.66. The molecule has 2 aromatic rings. The lowest BCUT2D eigenvalue weighted by Gasteiger charge is -2.26. The SMILES string of the molecule is COc1cc(/C=C(\C#N)C(=O)N2CCOCC2)ccc1OC(=O)c1ccc(Br)o1. The van der Waals surface area contributed by atoms with Crippen LogP contribution >= 0.6 is 15.9 Å². The fourth-order valence-electron chi connectivity index (χ4n) is 2.68. The summed E-state index contributed by atoms with van der Waals surface area (Å²) in [4.78, 5) is 26.3. The zero-order valence-electron chi connectivity index (χ0n) is 15.5. The molecule has 0 N–H and O–H groups in total. The highest BCUT2D eigenvalue weighted by Crippen LogP contribution is 2.30. The van der Waals surface area contributed by atoms with E-state index in [0.717, 1.165) is 0 Å². The van der Waals surface area contributed by atoms with E-state index in [0.29, 0.717) is 36.5 Å². The number of esters is 1. The molecule has 8 nitrogen and oxygen atoms in total. The van der Waals surface area contributed by atoms with E-state index in [9.17, 15) is 14.9 Å². The summed E-state index contributed by atoms with van der Waals surface area (Å²) in [7, 11) is 1.42. The number of carbonyl (C=O) groups excluding carboxylic acids is 2. The Kier molecular flexibility index (Phi) is 6.69. The quantitative estimate of drug-likeness (QED) is 0.292. The van der Waals surface area contributed by atoms with Gasteiger partial charge in [-0.15, -0.1) is 0 Å². The van der Waals surface area contributed by atoms with Crippen molar-refractivity contribution in [2.24, 2.45) is 0 Å². The zero-order valence-corrected chi connectivity index (χ0v) is 17.1. The van der Waals surface area contributed by atoms with E-state index < -0.39 is 5.97 Å². The fourth-order valence-corrected chi connectivity index (χ4v) is 2.98. The fraction of sp³-hybridized carbons (Fsp3) is 0.250. The van der Waals surface area contributed by atoms with Crippen molar-refractivity contribution < 1.29 is 28.2 Å². The largest absolute Gasteiger partial charge is 0.493 e. The molecule has 2 heterocycles. The second kappa shape index (κ2) is 9.41. The van der Waals surface area contributed by atoms with E-state index in [4.69, 9.17) is 18.6 Å². The van der Waals surface area contributed by atoms with E-state index >= 15 is 0 Å². The van der Waals surface area contributed by atoms with Gasteiger partial charge in [0.15, 0.2) is 16.2 Å². The lowest BCUT2D eigenvalue weighted by Crippen LogP contribution is -2.41. The van der Waals surface area contributed by atoms with Crippen molar-refractivity contribution in [3.8, 4) is 17.6 Å². The van der Waals surface area contributed by atoms with Crippen LogP contribution in [0.4, 0.5) is 0 Å². The Morgan fingerprint density at radius 3 is 2.59 bits per heavy atom. The second-order valence-electron chi connectivity index (χ2n) is 5.98. The van der Waals surface area contributed by atoms with Crippen LogP contribution in [-0.2, 0) is 9.53 Å². The summed E-state index contributed by atoms with van der Waals surface area (Å²) >= 11 is 3.12. The van der Waals surface area contributed by atoms with Crippen molar-refractivity contribution in [3.63, 3.8) is 0 Å². The van der Waals surface area contributed by atoms with Crippen molar-refractivity contribution >= 4 is 33.9 Å². The molecule has 1 aliphatic heterocycles. The van der Waals surface area contributed by atoms with E-state index in [-0.39, 0.29) is 28.7 Å². The lowest BCUT2D eigenvalue weighted by molar-refractivity contribution is -0.130. The number of benzene rings is 1. The predicted octanol–water partition coefficient (Wildman–Crippen LogP) is 3.04. The average Bonchev–Trinajstić information content (AvgIpc) is 3.19. The van der Waals surface area contributed by atoms with Crippen molar-refractivity contribution in [2.75, 3.05) is 33.4 Å². The third-order valence-corrected chi connectivity index (χ3v) is 4.55. The minimum Gasteiger partial charge on any atom is -0.493 e. The molecular formula is C20H17BrN2O6. The van der Waals surface area contributed by atoms with Crippen LogP contribution in [0.15, 0.2) is 45.0 Å². The summed E-state index contributed by atoms with van der Waals surface area (Å²) in [5.74, 6) is -0.550. The van der Waals surface area contributed by atoms with Gasteiger partial charge in [-0.05, 0) is 51.8 Å². The Hall–Kier alpha value is -3.09. The van der Waals surface area contributed by atoms with Crippen LogP contribution in [0.2, 0.25) is 0 Å². The molecule has 9 heteroatoms. The van der Waals surface area contributed by atoms with Gasteiger partial charge in [-0.1, -0.05) is 6.07 Å². The number of rotatable bonds is 5. The number of nitriles is 1. The molecule has 0 unspecified atom stereocenters. The van der Waals surface area contributed by atoms with Gasteiger partial charge < -0.3 is 23.5 Å². The first-order valence-corrected chi connectivity index (χ1v) is 9.45. The van der Waals surface area contributed by atoms with Gasteiger partial charge in [0.2, 0.25) is 5.76 Å². The maximum Gasteiger partial charge on any atom is 0.379 e. The molecule has 0 spiro atoms. The van der Waals surface area contributed by atoms with Crippen LogP contribution in [0.3, 0.4) is 0 Å². The van der Waals surface area contributed by atoms with E-state index in [1.54, 1.807) is 23.1 Å². The van der Waals surface area contributed by atoms with Gasteiger partial charge in [-0.25, -0.2) is 4.79 Å². The Morgan fingerprint density at radius 2 is 1.97 bits per heavy atom. The van der Waals surface area contributed by atoms with Gasteiger partial charge in [-0.3, -0.25) is 4.79 Å². The normalized spacial score (nSPS) is 14.2. The third-order valence-electron chi connectivity index (χ3n) is 4.12. The molecule has 1 amide bonds. The summed E-state index contributed by atoms with van der Waals surface area (Å²) < 4.78 is 21.4. The molecule has 1 aromatic heterocycles. The molecule has 1 saturated heterocycles. The number of halogens is 1. The summed E-state index contributed by atoms with van der Waals surface area (Å²) in [5, 5.41) is 9.40. The van der Waals surface area contributed by atoms with E-state index in [1.165, 1.54) is 25.3 Å². The molecule has 1 aromatic carbocycles. The van der Waals surface area contributed by atoms with E-state index in [2.05, 4.69) is 15.9 Å². The molecule has 0 bridgehead atoms. The molecule has 0 atom stereocenters. The van der Waals surface area contributed by atoms with E-state index in [1.807, 2.05) is 6.07 Å². The molecule has 3 rings (SSSR count). The number of hydrogen-bond donors (Lipinski definition) is 0. The highest BCUT2D eigenvalue weighted by molar-refractivity contribution is 9.10. The van der Waals surface area contributed by atoms with Crippen molar-refractivity contribution in [1.29, 1.82) is 5.26 Å². The number of amides is 1. The highest BCUT2D eigenvalue weighted by Gasteiger charge is 2.21. The van der Waals surface area contributed by atoms with Gasteiger partial charge >= 0.3 is 5.97 Å². The van der Waals surface area contributed by atoms with Crippen LogP contribution in [0.5, 0.6) is 11.5 Å². The lowest BCUT2D eigenvalue weighted by atomic mass is 10.1. The minimum absolute atomic E-state index is 0.000802. The number of methoxy groups -OCH3 is 1. The maximum atomic E-state index is 12.5. The Morgan fingerprint density at radius 1 is 1.21 bits per heavy atom. The first-order chi connectivity index (χ1) is 14.0. The number of carbonyl (C=O) groups is 2. The van der Waals surface area contributed by atoms with Gasteiger partial charge in [0.05, 0.1) is 20.3 Å². The van der Waals surface area contributed by atoms with Gasteiger partial charge in [0.25, 0.3) is 5.91 Å². The van der Waals surface area contributed by atoms with Gasteiger partial charge in [0, 0.05) is 13.1 Å². The molecule has 0 aliphatic carbocycles. The highest BCUT2D eigenvalue weighted by atomic mass is 79.9. The third kappa shape index (κ3) is 5.04.